The van der Waals surface area contributed by atoms with Crippen molar-refractivity contribution in [2.75, 3.05) is 0 Å². The lowest BCUT2D eigenvalue weighted by Crippen LogP contribution is -1.89. The minimum absolute atomic E-state index is 0.0276. The molecule has 0 radical (unpaired) electrons. The van der Waals surface area contributed by atoms with Gasteiger partial charge >= 0.3 is 0 Å². The third kappa shape index (κ3) is 3.37. The molecule has 0 unspecified atom stereocenters. The molecule has 0 saturated carbocycles. The molecule has 0 aromatic heterocycles. The molecule has 2 aromatic carbocycles. The van der Waals surface area contributed by atoms with Gasteiger partial charge in [0.05, 0.1) is 5.02 Å². The summed E-state index contributed by atoms with van der Waals surface area (Å²) in [6, 6.07) is 11.9. The molecule has 5 heteroatoms. The van der Waals surface area contributed by atoms with Crippen LogP contribution in [0.15, 0.2) is 47.0 Å². The van der Waals surface area contributed by atoms with Crippen molar-refractivity contribution in [1.29, 1.82) is 0 Å². The van der Waals surface area contributed by atoms with Crippen molar-refractivity contribution in [2.45, 2.75) is 0 Å². The first-order chi connectivity index (χ1) is 8.99. The molecule has 1 nitrogen and oxygen atoms in total. The lowest BCUT2D eigenvalue weighted by Gasteiger charge is -2.10. The van der Waals surface area contributed by atoms with Crippen LogP contribution < -0.4 is 0 Å². The lowest BCUT2D eigenvalue weighted by molar-refractivity contribution is 0.475. The van der Waals surface area contributed by atoms with E-state index in [0.717, 1.165) is 5.56 Å². The van der Waals surface area contributed by atoms with E-state index < -0.39 is 0 Å². The zero-order chi connectivity index (χ0) is 14.0. The molecule has 0 amide bonds. The van der Waals surface area contributed by atoms with Crippen LogP contribution in [0, 0.1) is 0 Å². The summed E-state index contributed by atoms with van der Waals surface area (Å²) in [6.45, 7) is 0. The van der Waals surface area contributed by atoms with Crippen molar-refractivity contribution >= 4 is 52.0 Å². The molecule has 0 spiro atoms. The fraction of sp³-hybridized carbons (Fsp3) is 0. The number of benzene rings is 2. The predicted octanol–water partition coefficient (Wildman–Crippen LogP) is 5.89. The van der Waals surface area contributed by atoms with Gasteiger partial charge in [-0.1, -0.05) is 64.6 Å². The van der Waals surface area contributed by atoms with Crippen LogP contribution in [0.2, 0.25) is 10.0 Å². The van der Waals surface area contributed by atoms with E-state index in [4.69, 9.17) is 46.4 Å². The Labute approximate surface area is 131 Å². The molecule has 1 N–H and O–H groups in total. The maximum atomic E-state index is 9.66. The molecule has 0 bridgehead atoms. The highest BCUT2D eigenvalue weighted by molar-refractivity contribution is 6.59. The van der Waals surface area contributed by atoms with Gasteiger partial charge in [-0.25, -0.2) is 0 Å². The Kier molecular flexibility index (Phi) is 4.64. The Morgan fingerprint density at radius 2 is 1.42 bits per heavy atom. The topological polar surface area (TPSA) is 20.2 Å². The quantitative estimate of drug-likeness (QED) is 0.726. The first-order valence-corrected chi connectivity index (χ1v) is 6.80. The maximum Gasteiger partial charge on any atom is 0.134 e. The third-order valence-electron chi connectivity index (χ3n) is 2.56. The second kappa shape index (κ2) is 6.06. The highest BCUT2D eigenvalue weighted by Gasteiger charge is 2.11. The van der Waals surface area contributed by atoms with E-state index in [-0.39, 0.29) is 15.3 Å². The molecule has 0 fully saturated rings. The van der Waals surface area contributed by atoms with Crippen LogP contribution in [0.25, 0.3) is 5.57 Å². The summed E-state index contributed by atoms with van der Waals surface area (Å²) in [4.78, 5) is 0. The van der Waals surface area contributed by atoms with E-state index in [1.165, 1.54) is 6.07 Å². The molecule has 0 saturated heterocycles. The number of halogens is 4. The minimum Gasteiger partial charge on any atom is -0.506 e. The maximum absolute atomic E-state index is 9.66. The Hall–Kier alpha value is -0.860. The first-order valence-electron chi connectivity index (χ1n) is 5.29. The molecule has 0 aliphatic heterocycles. The van der Waals surface area contributed by atoms with Gasteiger partial charge < -0.3 is 5.11 Å². The summed E-state index contributed by atoms with van der Waals surface area (Å²) in [5.74, 6) is -0.0276. The van der Waals surface area contributed by atoms with Gasteiger partial charge in [0.1, 0.15) is 10.2 Å². The van der Waals surface area contributed by atoms with Gasteiger partial charge in [-0.05, 0) is 35.4 Å². The highest BCUT2D eigenvalue weighted by atomic mass is 35.5. The average Bonchev–Trinajstić information content (AvgIpc) is 2.36. The fourth-order valence-corrected chi connectivity index (χ4v) is 2.35. The molecule has 0 aliphatic rings. The molecule has 0 aliphatic carbocycles. The Morgan fingerprint density at radius 3 is 1.95 bits per heavy atom. The Bertz CT molecular complexity index is 628. The van der Waals surface area contributed by atoms with Crippen LogP contribution in [-0.4, -0.2) is 5.11 Å². The van der Waals surface area contributed by atoms with E-state index in [2.05, 4.69) is 0 Å². The van der Waals surface area contributed by atoms with Crippen molar-refractivity contribution in [3.63, 3.8) is 0 Å². The Balaban J connectivity index is 2.56. The number of phenolic OH excluding ortho intramolecular Hbond substituents is 1. The predicted molar refractivity (Wildman–Crippen MR) is 82.3 cm³/mol. The molecule has 2 aromatic rings. The first kappa shape index (κ1) is 14.5. The van der Waals surface area contributed by atoms with Crippen LogP contribution in [0.5, 0.6) is 5.75 Å². The summed E-state index contributed by atoms with van der Waals surface area (Å²) in [5.41, 5.74) is 2.07. The Morgan fingerprint density at radius 1 is 0.842 bits per heavy atom. The summed E-state index contributed by atoms with van der Waals surface area (Å²) >= 11 is 23.5. The van der Waals surface area contributed by atoms with Gasteiger partial charge in [0.2, 0.25) is 0 Å². The van der Waals surface area contributed by atoms with Crippen LogP contribution in [0.3, 0.4) is 0 Å². The summed E-state index contributed by atoms with van der Waals surface area (Å²) in [6.07, 6.45) is 0. The lowest BCUT2D eigenvalue weighted by atomic mass is 9.99. The monoisotopic (exact) mass is 332 g/mol. The number of aromatic hydroxyl groups is 1. The van der Waals surface area contributed by atoms with Crippen LogP contribution in [0.4, 0.5) is 0 Å². The zero-order valence-electron chi connectivity index (χ0n) is 9.50. The average molecular weight is 334 g/mol. The van der Waals surface area contributed by atoms with Gasteiger partial charge in [0.15, 0.2) is 0 Å². The van der Waals surface area contributed by atoms with Crippen molar-refractivity contribution in [1.82, 2.24) is 0 Å². The van der Waals surface area contributed by atoms with Crippen molar-refractivity contribution in [3.05, 3.63) is 68.1 Å². The van der Waals surface area contributed by atoms with Crippen LogP contribution in [0.1, 0.15) is 11.1 Å². The normalized spacial score (nSPS) is 10.3. The van der Waals surface area contributed by atoms with Gasteiger partial charge in [0.25, 0.3) is 0 Å². The highest BCUT2D eigenvalue weighted by Crippen LogP contribution is 2.35. The fourth-order valence-electron chi connectivity index (χ4n) is 1.67. The number of phenols is 1. The molecular weight excluding hydrogens is 326 g/mol. The van der Waals surface area contributed by atoms with E-state index in [1.54, 1.807) is 36.4 Å². The van der Waals surface area contributed by atoms with Crippen molar-refractivity contribution in [2.24, 2.45) is 0 Å². The summed E-state index contributed by atoms with van der Waals surface area (Å²) in [7, 11) is 0. The van der Waals surface area contributed by atoms with Crippen LogP contribution in [-0.2, 0) is 0 Å². The van der Waals surface area contributed by atoms with Gasteiger partial charge in [-0.15, -0.1) is 0 Å². The third-order valence-corrected chi connectivity index (χ3v) is 3.51. The largest absolute Gasteiger partial charge is 0.506 e. The van der Waals surface area contributed by atoms with E-state index in [9.17, 15) is 5.11 Å². The van der Waals surface area contributed by atoms with E-state index >= 15 is 0 Å². The number of rotatable bonds is 2. The van der Waals surface area contributed by atoms with Gasteiger partial charge in [-0.2, -0.15) is 0 Å². The molecule has 2 rings (SSSR count). The zero-order valence-corrected chi connectivity index (χ0v) is 12.5. The standard InChI is InChI=1S/C14H8Cl4O/c15-10-4-1-8(2-5-10)13(14(17)18)9-3-6-11(16)12(19)7-9/h1-7,19H. The van der Waals surface area contributed by atoms with Gasteiger partial charge in [-0.3, -0.25) is 0 Å². The molecular formula is C14H8Cl4O. The summed E-state index contributed by atoms with van der Waals surface area (Å²) < 4.78 is 0.101. The van der Waals surface area contributed by atoms with Crippen molar-refractivity contribution < 1.29 is 5.11 Å². The number of hydrogen-bond acceptors (Lipinski definition) is 1. The molecule has 0 heterocycles. The summed E-state index contributed by atoms with van der Waals surface area (Å²) in [5, 5.41) is 10.5. The van der Waals surface area contributed by atoms with E-state index in [1.807, 2.05) is 0 Å². The van der Waals surface area contributed by atoms with Gasteiger partial charge in [0, 0.05) is 10.6 Å². The van der Waals surface area contributed by atoms with E-state index in [0.29, 0.717) is 16.2 Å². The number of hydrogen-bond donors (Lipinski definition) is 1. The molecule has 0 atom stereocenters. The molecule has 19 heavy (non-hydrogen) atoms. The molecule has 98 valence electrons. The van der Waals surface area contributed by atoms with Crippen molar-refractivity contribution in [3.8, 4) is 5.75 Å². The smallest absolute Gasteiger partial charge is 0.134 e. The second-order valence-electron chi connectivity index (χ2n) is 3.81. The van der Waals surface area contributed by atoms with Crippen LogP contribution >= 0.6 is 46.4 Å². The SMILES string of the molecule is Oc1cc(C(=C(Cl)Cl)c2ccc(Cl)cc2)ccc1Cl. The second-order valence-corrected chi connectivity index (χ2v) is 5.60. The minimum atomic E-state index is -0.0276.